The minimum Gasteiger partial charge on any atom is -0.493 e. The number of carbonyl (C=O) groups excluding carboxylic acids is 1. The molecule has 0 saturated heterocycles. The monoisotopic (exact) mass is 314 g/mol. The zero-order valence-electron chi connectivity index (χ0n) is 12.9. The predicted octanol–water partition coefficient (Wildman–Crippen LogP) is 2.92. The summed E-state index contributed by atoms with van der Waals surface area (Å²) >= 11 is 0. The Morgan fingerprint density at radius 1 is 1.26 bits per heavy atom. The molecule has 2 N–H and O–H groups in total. The Bertz CT molecular complexity index is 705. The fraction of sp³-hybridized carbons (Fsp3) is 0.278. The molecule has 0 aliphatic carbocycles. The van der Waals surface area contributed by atoms with Gasteiger partial charge < -0.3 is 15.4 Å². The first-order valence-corrected chi connectivity index (χ1v) is 7.64. The molecule has 2 atom stereocenters. The van der Waals surface area contributed by atoms with E-state index in [1.807, 2.05) is 31.2 Å². The third kappa shape index (κ3) is 3.51. The minimum absolute atomic E-state index is 0.0741. The third-order valence-electron chi connectivity index (χ3n) is 4.07. The van der Waals surface area contributed by atoms with Crippen molar-refractivity contribution in [1.82, 2.24) is 5.32 Å². The summed E-state index contributed by atoms with van der Waals surface area (Å²) in [6.07, 6.45) is 0. The van der Waals surface area contributed by atoms with Crippen molar-refractivity contribution in [2.75, 3.05) is 18.5 Å². The molecule has 0 unspecified atom stereocenters. The quantitative estimate of drug-likeness (QED) is 0.892. The fourth-order valence-corrected chi connectivity index (χ4v) is 2.75. The highest BCUT2D eigenvalue weighted by molar-refractivity contribution is 5.92. The molecule has 0 fully saturated rings. The van der Waals surface area contributed by atoms with Gasteiger partial charge in [0.25, 0.3) is 0 Å². The summed E-state index contributed by atoms with van der Waals surface area (Å²) in [5, 5.41) is 5.76. The lowest BCUT2D eigenvalue weighted by molar-refractivity contribution is -0.115. The maximum absolute atomic E-state index is 13.5. The van der Waals surface area contributed by atoms with Crippen LogP contribution >= 0.6 is 0 Å². The minimum atomic E-state index is -0.438. The van der Waals surface area contributed by atoms with Crippen LogP contribution in [0.25, 0.3) is 0 Å². The molecular formula is C18H19FN2O2. The average Bonchev–Trinajstić information content (AvgIpc) is 2.99. The molecule has 5 heteroatoms. The summed E-state index contributed by atoms with van der Waals surface area (Å²) in [7, 11) is 0. The molecule has 0 spiro atoms. The van der Waals surface area contributed by atoms with E-state index in [-0.39, 0.29) is 30.1 Å². The first-order valence-electron chi connectivity index (χ1n) is 7.64. The van der Waals surface area contributed by atoms with Crippen LogP contribution in [0, 0.1) is 5.82 Å². The maximum atomic E-state index is 13.5. The van der Waals surface area contributed by atoms with Crippen molar-refractivity contribution < 1.29 is 13.9 Å². The highest BCUT2D eigenvalue weighted by Crippen LogP contribution is 2.35. The molecule has 2 aromatic rings. The second kappa shape index (κ2) is 6.79. The summed E-state index contributed by atoms with van der Waals surface area (Å²) in [4.78, 5) is 12.0. The van der Waals surface area contributed by atoms with Crippen LogP contribution in [0.5, 0.6) is 5.75 Å². The molecule has 23 heavy (non-hydrogen) atoms. The molecule has 0 saturated carbocycles. The van der Waals surface area contributed by atoms with Crippen molar-refractivity contribution in [1.29, 1.82) is 0 Å². The van der Waals surface area contributed by atoms with Crippen LogP contribution in [0.3, 0.4) is 0 Å². The molecule has 2 aromatic carbocycles. The first kappa shape index (κ1) is 15.5. The second-order valence-corrected chi connectivity index (χ2v) is 5.65. The van der Waals surface area contributed by atoms with Gasteiger partial charge in [-0.15, -0.1) is 0 Å². The molecule has 120 valence electrons. The van der Waals surface area contributed by atoms with E-state index in [0.717, 1.165) is 11.3 Å². The Kier molecular flexibility index (Phi) is 4.57. The zero-order chi connectivity index (χ0) is 16.2. The Morgan fingerprint density at radius 3 is 2.83 bits per heavy atom. The predicted molar refractivity (Wildman–Crippen MR) is 87.2 cm³/mol. The summed E-state index contributed by atoms with van der Waals surface area (Å²) < 4.78 is 19.2. The Labute approximate surface area is 134 Å². The van der Waals surface area contributed by atoms with Crippen LogP contribution in [-0.4, -0.2) is 25.1 Å². The van der Waals surface area contributed by atoms with Crippen molar-refractivity contribution in [3.63, 3.8) is 0 Å². The Balaban J connectivity index is 1.54. The van der Waals surface area contributed by atoms with Gasteiger partial charge in [-0.3, -0.25) is 4.79 Å². The highest BCUT2D eigenvalue weighted by atomic mass is 19.1. The maximum Gasteiger partial charge on any atom is 0.238 e. The van der Waals surface area contributed by atoms with Crippen molar-refractivity contribution in [3.8, 4) is 5.75 Å². The Morgan fingerprint density at radius 2 is 2.00 bits per heavy atom. The molecule has 1 aliphatic rings. The normalized spacial score (nSPS) is 17.2. The number of carbonyl (C=O) groups is 1. The van der Waals surface area contributed by atoms with Gasteiger partial charge in [-0.25, -0.2) is 4.39 Å². The standard InChI is InChI=1S/C18H19FN2O2/c1-12(14-11-23-17-9-5-2-6-13(14)17)20-10-18(22)21-16-8-4-3-7-15(16)19/h2-9,12,14,20H,10-11H2,1H3,(H,21,22)/t12-,14-/m0/s1. The zero-order valence-corrected chi connectivity index (χ0v) is 12.9. The van der Waals surface area contributed by atoms with E-state index < -0.39 is 5.82 Å². The van der Waals surface area contributed by atoms with Crippen molar-refractivity contribution >= 4 is 11.6 Å². The van der Waals surface area contributed by atoms with Gasteiger partial charge >= 0.3 is 0 Å². The number of hydrogen-bond donors (Lipinski definition) is 2. The topological polar surface area (TPSA) is 50.4 Å². The lowest BCUT2D eigenvalue weighted by atomic mass is 9.94. The third-order valence-corrected chi connectivity index (χ3v) is 4.07. The van der Waals surface area contributed by atoms with Crippen LogP contribution in [0.15, 0.2) is 48.5 Å². The van der Waals surface area contributed by atoms with E-state index in [4.69, 9.17) is 4.74 Å². The number of ether oxygens (including phenoxy) is 1. The summed E-state index contributed by atoms with van der Waals surface area (Å²) in [5.74, 6) is 0.399. The van der Waals surface area contributed by atoms with Crippen molar-refractivity contribution in [2.45, 2.75) is 18.9 Å². The van der Waals surface area contributed by atoms with Gasteiger partial charge in [-0.1, -0.05) is 30.3 Å². The molecule has 1 heterocycles. The van der Waals surface area contributed by atoms with E-state index in [0.29, 0.717) is 6.61 Å². The van der Waals surface area contributed by atoms with Crippen molar-refractivity contribution in [2.24, 2.45) is 0 Å². The van der Waals surface area contributed by atoms with Crippen molar-refractivity contribution in [3.05, 3.63) is 59.9 Å². The smallest absolute Gasteiger partial charge is 0.238 e. The van der Waals surface area contributed by atoms with Gasteiger partial charge in [0.15, 0.2) is 0 Å². The lowest BCUT2D eigenvalue weighted by Crippen LogP contribution is -2.38. The molecule has 0 bridgehead atoms. The van der Waals surface area contributed by atoms with Gasteiger partial charge in [0.1, 0.15) is 11.6 Å². The number of para-hydroxylation sites is 2. The number of amides is 1. The number of nitrogens with one attached hydrogen (secondary N) is 2. The van der Waals surface area contributed by atoms with Crippen LogP contribution in [0.2, 0.25) is 0 Å². The number of hydrogen-bond acceptors (Lipinski definition) is 3. The van der Waals surface area contributed by atoms with Gasteiger partial charge in [-0.05, 0) is 25.1 Å². The van der Waals surface area contributed by atoms with E-state index in [1.54, 1.807) is 12.1 Å². The average molecular weight is 314 g/mol. The van der Waals surface area contributed by atoms with Crippen LogP contribution in [0.1, 0.15) is 18.4 Å². The van der Waals surface area contributed by atoms with Gasteiger partial charge in [0.2, 0.25) is 5.91 Å². The lowest BCUT2D eigenvalue weighted by Gasteiger charge is -2.19. The van der Waals surface area contributed by atoms with E-state index >= 15 is 0 Å². The molecule has 1 aliphatic heterocycles. The number of anilines is 1. The van der Waals surface area contributed by atoms with E-state index in [1.165, 1.54) is 12.1 Å². The molecule has 0 radical (unpaired) electrons. The van der Waals surface area contributed by atoms with Crippen LogP contribution in [-0.2, 0) is 4.79 Å². The largest absolute Gasteiger partial charge is 0.493 e. The fourth-order valence-electron chi connectivity index (χ4n) is 2.75. The van der Waals surface area contributed by atoms with E-state index in [9.17, 15) is 9.18 Å². The van der Waals surface area contributed by atoms with Crippen LogP contribution < -0.4 is 15.4 Å². The molecule has 3 rings (SSSR count). The molecule has 4 nitrogen and oxygen atoms in total. The first-order chi connectivity index (χ1) is 11.1. The van der Waals surface area contributed by atoms with Crippen LogP contribution in [0.4, 0.5) is 10.1 Å². The second-order valence-electron chi connectivity index (χ2n) is 5.65. The molecule has 0 aromatic heterocycles. The van der Waals surface area contributed by atoms with E-state index in [2.05, 4.69) is 10.6 Å². The highest BCUT2D eigenvalue weighted by Gasteiger charge is 2.28. The van der Waals surface area contributed by atoms with Gasteiger partial charge in [0, 0.05) is 17.5 Å². The number of fused-ring (bicyclic) bond motifs is 1. The summed E-state index contributed by atoms with van der Waals surface area (Å²) in [6, 6.07) is 14.1. The summed E-state index contributed by atoms with van der Waals surface area (Å²) in [6.45, 7) is 2.74. The number of rotatable bonds is 5. The Hall–Kier alpha value is -2.40. The van der Waals surface area contributed by atoms with Gasteiger partial charge in [-0.2, -0.15) is 0 Å². The number of benzene rings is 2. The molecular weight excluding hydrogens is 295 g/mol. The SMILES string of the molecule is C[C@H](NCC(=O)Nc1ccccc1F)[C@@H]1COc2ccccc21. The van der Waals surface area contributed by atoms with Gasteiger partial charge in [0.05, 0.1) is 18.8 Å². The molecule has 1 amide bonds. The summed E-state index contributed by atoms with van der Waals surface area (Å²) in [5.41, 5.74) is 1.35. The number of halogens is 1.